The van der Waals surface area contributed by atoms with E-state index in [0.717, 1.165) is 5.56 Å². The van der Waals surface area contributed by atoms with E-state index in [1.165, 1.54) is 11.1 Å². The number of aromatic nitrogens is 1. The number of nitrogens with zero attached hydrogens (tertiary/aromatic N) is 3. The molecule has 3 heterocycles. The van der Waals surface area contributed by atoms with Gasteiger partial charge < -0.3 is 14.9 Å². The van der Waals surface area contributed by atoms with Crippen LogP contribution in [0.2, 0.25) is 10.0 Å². The molecule has 0 bridgehead atoms. The molecule has 0 saturated carbocycles. The van der Waals surface area contributed by atoms with Crippen LogP contribution < -0.4 is 0 Å². The van der Waals surface area contributed by atoms with Gasteiger partial charge in [-0.1, -0.05) is 53.5 Å². The van der Waals surface area contributed by atoms with E-state index in [0.29, 0.717) is 58.4 Å². The minimum atomic E-state index is -1.64. The molecular formula is C30H30Cl2FN3O5. The smallest absolute Gasteiger partial charge is 0.317 e. The van der Waals surface area contributed by atoms with Crippen LogP contribution in [0.1, 0.15) is 34.5 Å². The summed E-state index contributed by atoms with van der Waals surface area (Å²) in [5, 5.41) is 21.1. The van der Waals surface area contributed by atoms with Crippen LogP contribution in [-0.2, 0) is 21.8 Å². The van der Waals surface area contributed by atoms with Crippen LogP contribution in [-0.4, -0.2) is 70.0 Å². The quantitative estimate of drug-likeness (QED) is 0.328. The van der Waals surface area contributed by atoms with Gasteiger partial charge in [-0.25, -0.2) is 4.39 Å². The number of alkyl halides is 1. The highest BCUT2D eigenvalue weighted by atomic mass is 35.5. The van der Waals surface area contributed by atoms with Gasteiger partial charge in [-0.15, -0.1) is 0 Å². The van der Waals surface area contributed by atoms with Crippen LogP contribution in [0, 0.1) is 11.8 Å². The number of ether oxygens (including phenoxy) is 1. The van der Waals surface area contributed by atoms with Gasteiger partial charge in [-0.3, -0.25) is 24.4 Å². The summed E-state index contributed by atoms with van der Waals surface area (Å²) >= 11 is 12.2. The zero-order valence-corrected chi connectivity index (χ0v) is 23.7. The summed E-state index contributed by atoms with van der Waals surface area (Å²) in [4.78, 5) is 33.3. The van der Waals surface area contributed by atoms with Crippen LogP contribution in [0.4, 0.5) is 4.39 Å². The Kier molecular flexibility index (Phi) is 8.91. The molecule has 2 aromatic carbocycles. The SMILES string of the molecule is O=C(O)CN1CCC(C(CO)[C@@]2(OCF)c3cccc(-c4ccc(Cl)cc4)c3C(=O)N2Cc2ccc(Cl)cn2)CC1. The predicted molar refractivity (Wildman–Crippen MR) is 152 cm³/mol. The fraction of sp³-hybridized carbons (Fsp3) is 0.367. The van der Waals surface area contributed by atoms with Crippen LogP contribution in [0.5, 0.6) is 0 Å². The molecule has 1 fully saturated rings. The molecule has 3 aromatic rings. The number of carbonyl (C=O) groups excluding carboxylic acids is 1. The number of carboxylic acid groups (broad SMARTS) is 1. The van der Waals surface area contributed by atoms with Gasteiger partial charge in [0.25, 0.3) is 5.91 Å². The van der Waals surface area contributed by atoms with Crippen molar-refractivity contribution >= 4 is 35.1 Å². The first-order chi connectivity index (χ1) is 19.8. The van der Waals surface area contributed by atoms with Crippen LogP contribution in [0.25, 0.3) is 11.1 Å². The van der Waals surface area contributed by atoms with Gasteiger partial charge in [-0.05, 0) is 67.2 Å². The van der Waals surface area contributed by atoms with Crippen LogP contribution >= 0.6 is 23.2 Å². The van der Waals surface area contributed by atoms with E-state index < -0.39 is 24.5 Å². The first-order valence-corrected chi connectivity index (χ1v) is 14.1. The molecule has 216 valence electrons. The molecular weight excluding hydrogens is 572 g/mol. The fourth-order valence-corrected chi connectivity index (χ4v) is 6.51. The number of hydrogen-bond acceptors (Lipinski definition) is 6. The molecule has 0 aliphatic carbocycles. The lowest BCUT2D eigenvalue weighted by Crippen LogP contribution is -2.55. The summed E-state index contributed by atoms with van der Waals surface area (Å²) in [5.41, 5.74) is 1.09. The Hall–Kier alpha value is -3.08. The summed E-state index contributed by atoms with van der Waals surface area (Å²) < 4.78 is 20.4. The van der Waals surface area contributed by atoms with Crippen molar-refractivity contribution in [2.24, 2.45) is 11.8 Å². The molecule has 5 rings (SSSR count). The summed E-state index contributed by atoms with van der Waals surface area (Å²) in [5.74, 6) is -2.18. The minimum absolute atomic E-state index is 0.0148. The Labute approximate surface area is 247 Å². The molecule has 2 atom stereocenters. The summed E-state index contributed by atoms with van der Waals surface area (Å²) in [6, 6.07) is 15.8. The monoisotopic (exact) mass is 601 g/mol. The van der Waals surface area contributed by atoms with E-state index in [4.69, 9.17) is 27.9 Å². The number of rotatable bonds is 10. The maximum Gasteiger partial charge on any atom is 0.317 e. The standard InChI is InChI=1S/C30H30Cl2FN3O5/c31-21-6-4-19(5-7-21)24-2-1-3-25-28(24)29(40)36(15-23-9-8-22(32)14-34-23)30(25,41-18-33)26(17-37)20-10-12-35(13-11-20)16-27(38)39/h1-9,14,20,26,37H,10-13,15-18H2,(H,38,39)/t26?,30-/m0/s1. The molecule has 1 unspecified atom stereocenters. The number of aliphatic hydroxyl groups is 1. The van der Waals surface area contributed by atoms with Crippen molar-refractivity contribution in [3.63, 3.8) is 0 Å². The van der Waals surface area contributed by atoms with E-state index in [1.54, 1.807) is 36.4 Å². The fourth-order valence-electron chi connectivity index (χ4n) is 6.28. The Bertz CT molecular complexity index is 1400. The van der Waals surface area contributed by atoms with Crippen LogP contribution in [0.3, 0.4) is 0 Å². The van der Waals surface area contributed by atoms with Gasteiger partial charge >= 0.3 is 5.97 Å². The first kappa shape index (κ1) is 29.4. The third-order valence-electron chi connectivity index (χ3n) is 8.11. The summed E-state index contributed by atoms with van der Waals surface area (Å²) in [6.45, 7) is -0.697. The third kappa shape index (κ3) is 5.69. The molecule has 0 radical (unpaired) electrons. The normalized spacial score (nSPS) is 20.3. The van der Waals surface area contributed by atoms with Crippen molar-refractivity contribution in [3.8, 4) is 11.1 Å². The lowest BCUT2D eigenvalue weighted by molar-refractivity contribution is -0.220. The topological polar surface area (TPSA) is 103 Å². The molecule has 2 aliphatic rings. The third-order valence-corrected chi connectivity index (χ3v) is 8.58. The number of likely N-dealkylation sites (tertiary alicyclic amines) is 1. The highest BCUT2D eigenvalue weighted by Crippen LogP contribution is 2.52. The number of halogens is 3. The molecule has 11 heteroatoms. The summed E-state index contributed by atoms with van der Waals surface area (Å²) in [6.07, 6.45) is 2.57. The Balaban J connectivity index is 1.64. The number of hydrogen-bond donors (Lipinski definition) is 2. The van der Waals surface area contributed by atoms with Gasteiger partial charge in [0, 0.05) is 22.7 Å². The van der Waals surface area contributed by atoms with Gasteiger partial charge in [0.05, 0.1) is 36.0 Å². The predicted octanol–water partition coefficient (Wildman–Crippen LogP) is 5.21. The van der Waals surface area contributed by atoms with Crippen molar-refractivity contribution in [2.45, 2.75) is 25.1 Å². The maximum absolute atomic E-state index is 14.5. The number of benzene rings is 2. The lowest BCUT2D eigenvalue weighted by Gasteiger charge is -2.47. The van der Waals surface area contributed by atoms with Gasteiger partial charge in [0.15, 0.2) is 12.6 Å². The minimum Gasteiger partial charge on any atom is -0.480 e. The summed E-state index contributed by atoms with van der Waals surface area (Å²) in [7, 11) is 0. The number of carbonyl (C=O) groups is 2. The highest BCUT2D eigenvalue weighted by molar-refractivity contribution is 6.30. The number of aliphatic carboxylic acids is 1. The van der Waals surface area contributed by atoms with E-state index in [1.807, 2.05) is 23.1 Å². The number of carboxylic acids is 1. The van der Waals surface area contributed by atoms with Crippen molar-refractivity contribution in [1.82, 2.24) is 14.8 Å². The molecule has 41 heavy (non-hydrogen) atoms. The molecule has 1 saturated heterocycles. The van der Waals surface area contributed by atoms with E-state index in [-0.39, 0.29) is 31.5 Å². The molecule has 2 N–H and O–H groups in total. The van der Waals surface area contributed by atoms with Crippen molar-refractivity contribution in [3.05, 3.63) is 87.7 Å². The van der Waals surface area contributed by atoms with Gasteiger partial charge in [-0.2, -0.15) is 0 Å². The van der Waals surface area contributed by atoms with Gasteiger partial charge in [0.1, 0.15) is 0 Å². The first-order valence-electron chi connectivity index (χ1n) is 13.3. The zero-order chi connectivity index (χ0) is 29.1. The number of pyridine rings is 1. The van der Waals surface area contributed by atoms with Crippen molar-refractivity contribution in [2.75, 3.05) is 33.1 Å². The molecule has 8 nitrogen and oxygen atoms in total. The van der Waals surface area contributed by atoms with Crippen molar-refractivity contribution < 1.29 is 28.9 Å². The number of piperidine rings is 1. The van der Waals surface area contributed by atoms with Gasteiger partial charge in [0.2, 0.25) is 0 Å². The number of fused-ring (bicyclic) bond motifs is 1. The average Bonchev–Trinajstić information content (AvgIpc) is 3.19. The number of amides is 1. The largest absolute Gasteiger partial charge is 0.480 e. The zero-order valence-electron chi connectivity index (χ0n) is 22.2. The van der Waals surface area contributed by atoms with E-state index in [2.05, 4.69) is 4.98 Å². The van der Waals surface area contributed by atoms with Crippen molar-refractivity contribution in [1.29, 1.82) is 0 Å². The molecule has 1 aromatic heterocycles. The Morgan fingerprint density at radius 1 is 1.10 bits per heavy atom. The second-order valence-corrected chi connectivity index (χ2v) is 11.2. The Morgan fingerprint density at radius 2 is 1.80 bits per heavy atom. The average molecular weight is 602 g/mol. The maximum atomic E-state index is 14.5. The van der Waals surface area contributed by atoms with E-state index >= 15 is 0 Å². The highest BCUT2D eigenvalue weighted by Gasteiger charge is 2.58. The second kappa shape index (κ2) is 12.4. The lowest BCUT2D eigenvalue weighted by atomic mass is 9.75. The van der Waals surface area contributed by atoms with E-state index in [9.17, 15) is 24.2 Å². The number of aliphatic hydroxyl groups excluding tert-OH is 1. The molecule has 0 spiro atoms. The second-order valence-electron chi connectivity index (χ2n) is 10.3. The van der Waals surface area contributed by atoms with Crippen LogP contribution in [0.15, 0.2) is 60.8 Å². The molecule has 1 amide bonds. The Morgan fingerprint density at radius 3 is 2.41 bits per heavy atom. The molecule has 2 aliphatic heterocycles.